The first-order valence-electron chi connectivity index (χ1n) is 6.16. The second kappa shape index (κ2) is 6.66. The monoisotopic (exact) mass is 281 g/mol. The maximum absolute atomic E-state index is 12.4. The Balaban J connectivity index is 3.11. The minimum atomic E-state index is -3.55. The molecule has 0 aromatic heterocycles. The van der Waals surface area contributed by atoms with Crippen molar-refractivity contribution in [1.29, 1.82) is 5.26 Å². The zero-order valence-corrected chi connectivity index (χ0v) is 12.0. The number of sulfonamides is 1. The van der Waals surface area contributed by atoms with E-state index in [4.69, 9.17) is 11.0 Å². The van der Waals surface area contributed by atoms with Crippen LogP contribution in [-0.4, -0.2) is 25.8 Å². The lowest BCUT2D eigenvalue weighted by atomic mass is 10.1. The maximum atomic E-state index is 12.4. The van der Waals surface area contributed by atoms with Gasteiger partial charge < -0.3 is 5.73 Å². The Labute approximate surface area is 114 Å². The predicted molar refractivity (Wildman–Crippen MR) is 73.7 cm³/mol. The van der Waals surface area contributed by atoms with Crippen LogP contribution in [0.3, 0.4) is 0 Å². The molecule has 0 saturated heterocycles. The number of hydrogen-bond donors (Lipinski definition) is 1. The molecule has 0 fully saturated rings. The molecular weight excluding hydrogens is 262 g/mol. The Bertz CT molecular complexity index is 561. The zero-order chi connectivity index (χ0) is 14.5. The topological polar surface area (TPSA) is 87.2 Å². The van der Waals surface area contributed by atoms with Gasteiger partial charge in [-0.05, 0) is 24.6 Å². The summed E-state index contributed by atoms with van der Waals surface area (Å²) in [5.41, 5.74) is 6.54. The Hall–Kier alpha value is -1.42. The normalized spacial score (nSPS) is 13.2. The van der Waals surface area contributed by atoms with Crippen LogP contribution in [-0.2, 0) is 10.0 Å². The molecule has 6 heteroatoms. The van der Waals surface area contributed by atoms with Gasteiger partial charge in [0.15, 0.2) is 0 Å². The molecule has 0 saturated carbocycles. The fourth-order valence-electron chi connectivity index (χ4n) is 1.73. The lowest BCUT2D eigenvalue weighted by Gasteiger charge is -2.20. The fourth-order valence-corrected chi connectivity index (χ4v) is 3.24. The Kier molecular flexibility index (Phi) is 5.48. The van der Waals surface area contributed by atoms with E-state index in [1.807, 2.05) is 6.07 Å². The third-order valence-electron chi connectivity index (χ3n) is 2.85. The van der Waals surface area contributed by atoms with Gasteiger partial charge in [-0.1, -0.05) is 19.1 Å². The smallest absolute Gasteiger partial charge is 0.243 e. The van der Waals surface area contributed by atoms with E-state index in [-0.39, 0.29) is 23.9 Å². The van der Waals surface area contributed by atoms with Crippen molar-refractivity contribution in [2.45, 2.75) is 31.2 Å². The van der Waals surface area contributed by atoms with Crippen molar-refractivity contribution in [3.8, 4) is 6.07 Å². The molecule has 1 aromatic rings. The van der Waals surface area contributed by atoms with Crippen molar-refractivity contribution < 1.29 is 8.42 Å². The van der Waals surface area contributed by atoms with Crippen LogP contribution in [0.15, 0.2) is 29.2 Å². The van der Waals surface area contributed by atoms with Crippen LogP contribution in [0.4, 0.5) is 0 Å². The summed E-state index contributed by atoms with van der Waals surface area (Å²) in [5, 5.41) is 8.58. The minimum Gasteiger partial charge on any atom is -0.324 e. The molecule has 2 N–H and O–H groups in total. The van der Waals surface area contributed by atoms with Crippen molar-refractivity contribution >= 4 is 10.0 Å². The maximum Gasteiger partial charge on any atom is 0.243 e. The highest BCUT2D eigenvalue weighted by atomic mass is 32.2. The Morgan fingerprint density at radius 1 is 1.47 bits per heavy atom. The first kappa shape index (κ1) is 15.6. The van der Waals surface area contributed by atoms with Gasteiger partial charge in [-0.15, -0.1) is 0 Å². The second-order valence-electron chi connectivity index (χ2n) is 4.27. The molecule has 0 aliphatic carbocycles. The molecule has 1 atom stereocenters. The molecular formula is C13H19N3O2S. The molecule has 1 aromatic carbocycles. The lowest BCUT2D eigenvalue weighted by molar-refractivity contribution is 0.435. The number of rotatable bonds is 6. The number of nitriles is 1. The number of benzene rings is 1. The van der Waals surface area contributed by atoms with Crippen LogP contribution in [0.2, 0.25) is 0 Å². The largest absolute Gasteiger partial charge is 0.324 e. The summed E-state index contributed by atoms with van der Waals surface area (Å²) in [7, 11) is -3.55. The first-order chi connectivity index (χ1) is 8.93. The summed E-state index contributed by atoms with van der Waals surface area (Å²) in [6, 6.07) is 8.37. The SMILES string of the molecule is CCN(CCC#N)S(=O)(=O)c1cccc(C(C)N)c1. The molecule has 1 unspecified atom stereocenters. The van der Waals surface area contributed by atoms with E-state index >= 15 is 0 Å². The third-order valence-corrected chi connectivity index (χ3v) is 4.82. The van der Waals surface area contributed by atoms with E-state index in [0.717, 1.165) is 5.56 Å². The number of nitrogens with two attached hydrogens (primary N) is 1. The average molecular weight is 281 g/mol. The van der Waals surface area contributed by atoms with Crippen LogP contribution in [0, 0.1) is 11.3 Å². The molecule has 0 bridgehead atoms. The Morgan fingerprint density at radius 3 is 2.68 bits per heavy atom. The molecule has 0 spiro atoms. The third kappa shape index (κ3) is 3.77. The van der Waals surface area contributed by atoms with Crippen molar-refractivity contribution in [3.63, 3.8) is 0 Å². The van der Waals surface area contributed by atoms with Crippen LogP contribution < -0.4 is 5.73 Å². The van der Waals surface area contributed by atoms with Gasteiger partial charge in [-0.3, -0.25) is 0 Å². The van der Waals surface area contributed by atoms with Crippen LogP contribution in [0.5, 0.6) is 0 Å². The second-order valence-corrected chi connectivity index (χ2v) is 6.20. The summed E-state index contributed by atoms with van der Waals surface area (Å²) in [6.45, 7) is 4.10. The van der Waals surface area contributed by atoms with Gasteiger partial charge in [0.2, 0.25) is 10.0 Å². The highest BCUT2D eigenvalue weighted by molar-refractivity contribution is 7.89. The zero-order valence-electron chi connectivity index (χ0n) is 11.2. The van der Waals surface area contributed by atoms with Gasteiger partial charge in [0.1, 0.15) is 0 Å². The number of hydrogen-bond acceptors (Lipinski definition) is 4. The van der Waals surface area contributed by atoms with Crippen molar-refractivity contribution in [2.24, 2.45) is 5.73 Å². The molecule has 0 radical (unpaired) electrons. The molecule has 0 aliphatic heterocycles. The van der Waals surface area contributed by atoms with Crippen LogP contribution >= 0.6 is 0 Å². The van der Waals surface area contributed by atoms with E-state index < -0.39 is 10.0 Å². The van der Waals surface area contributed by atoms with Gasteiger partial charge in [0, 0.05) is 25.6 Å². The fraction of sp³-hybridized carbons (Fsp3) is 0.462. The molecule has 19 heavy (non-hydrogen) atoms. The van der Waals surface area contributed by atoms with Gasteiger partial charge in [-0.25, -0.2) is 8.42 Å². The van der Waals surface area contributed by atoms with Crippen LogP contribution in [0.1, 0.15) is 31.9 Å². The standard InChI is InChI=1S/C13H19N3O2S/c1-3-16(9-5-8-14)19(17,18)13-7-4-6-12(10-13)11(2)15/h4,6-7,10-11H,3,5,9,15H2,1-2H3. The van der Waals surface area contributed by atoms with E-state index in [2.05, 4.69) is 0 Å². The molecule has 104 valence electrons. The minimum absolute atomic E-state index is 0.181. The summed E-state index contributed by atoms with van der Waals surface area (Å²) >= 11 is 0. The van der Waals surface area contributed by atoms with Crippen molar-refractivity contribution in [2.75, 3.05) is 13.1 Å². The summed E-state index contributed by atoms with van der Waals surface area (Å²) in [6.07, 6.45) is 0.181. The quantitative estimate of drug-likeness (QED) is 0.858. The molecule has 5 nitrogen and oxygen atoms in total. The molecule has 0 aliphatic rings. The van der Waals surface area contributed by atoms with Gasteiger partial charge in [0.25, 0.3) is 0 Å². The summed E-state index contributed by atoms with van der Waals surface area (Å²) < 4.78 is 26.1. The van der Waals surface area contributed by atoms with Crippen molar-refractivity contribution in [1.82, 2.24) is 4.31 Å². The first-order valence-corrected chi connectivity index (χ1v) is 7.60. The molecule has 0 heterocycles. The summed E-state index contributed by atoms with van der Waals surface area (Å²) in [5.74, 6) is 0. The number of nitrogens with zero attached hydrogens (tertiary/aromatic N) is 2. The molecule has 1 rings (SSSR count). The Morgan fingerprint density at radius 2 is 2.16 bits per heavy atom. The molecule has 0 amide bonds. The average Bonchev–Trinajstić information content (AvgIpc) is 2.39. The van der Waals surface area contributed by atoms with Gasteiger partial charge >= 0.3 is 0 Å². The predicted octanol–water partition coefficient (Wildman–Crippen LogP) is 1.63. The van der Waals surface area contributed by atoms with E-state index in [0.29, 0.717) is 6.54 Å². The highest BCUT2D eigenvalue weighted by Crippen LogP contribution is 2.19. The van der Waals surface area contributed by atoms with E-state index in [1.165, 1.54) is 4.31 Å². The van der Waals surface area contributed by atoms with Crippen molar-refractivity contribution in [3.05, 3.63) is 29.8 Å². The lowest BCUT2D eigenvalue weighted by Crippen LogP contribution is -2.31. The van der Waals surface area contributed by atoms with Gasteiger partial charge in [0.05, 0.1) is 11.0 Å². The van der Waals surface area contributed by atoms with E-state index in [1.54, 1.807) is 38.1 Å². The van der Waals surface area contributed by atoms with E-state index in [9.17, 15) is 8.42 Å². The van der Waals surface area contributed by atoms with Gasteiger partial charge in [-0.2, -0.15) is 9.57 Å². The van der Waals surface area contributed by atoms with Crippen LogP contribution in [0.25, 0.3) is 0 Å². The highest BCUT2D eigenvalue weighted by Gasteiger charge is 2.23. The summed E-state index contributed by atoms with van der Waals surface area (Å²) in [4.78, 5) is 0.224.